The molecule has 0 saturated carbocycles. The smallest absolute Gasteiger partial charge is 0.243 e. The molecule has 0 saturated heterocycles. The molecule has 4 nitrogen and oxygen atoms in total. The molecule has 0 bridgehead atoms. The summed E-state index contributed by atoms with van der Waals surface area (Å²) in [5, 5.41) is 5.97. The van der Waals surface area contributed by atoms with Crippen molar-refractivity contribution in [3.8, 4) is 5.75 Å². The molecule has 0 aromatic heterocycles. The van der Waals surface area contributed by atoms with Crippen molar-refractivity contribution in [3.63, 3.8) is 0 Å². The first-order valence-corrected chi connectivity index (χ1v) is 10.0. The van der Waals surface area contributed by atoms with E-state index in [0.29, 0.717) is 6.61 Å². The van der Waals surface area contributed by atoms with E-state index in [1.54, 1.807) is 0 Å². The van der Waals surface area contributed by atoms with Crippen LogP contribution in [0.3, 0.4) is 0 Å². The summed E-state index contributed by atoms with van der Waals surface area (Å²) in [7, 11) is 0. The second kappa shape index (κ2) is 10.5. The number of carbonyl (C=O) groups excluding carboxylic acids is 1. The average molecular weight is 439 g/mol. The van der Waals surface area contributed by atoms with Crippen LogP contribution in [0.25, 0.3) is 0 Å². The van der Waals surface area contributed by atoms with Gasteiger partial charge in [0, 0.05) is 15.8 Å². The van der Waals surface area contributed by atoms with Crippen LogP contribution in [0.4, 0.5) is 11.4 Å². The normalized spacial score (nSPS) is 10.3. The maximum atomic E-state index is 12.0. The van der Waals surface area contributed by atoms with Gasteiger partial charge in [-0.25, -0.2) is 0 Å². The molecule has 0 atom stereocenters. The summed E-state index contributed by atoms with van der Waals surface area (Å²) in [4.78, 5) is 12.0. The van der Waals surface area contributed by atoms with Crippen LogP contribution in [0, 0.1) is 0 Å². The third-order valence-corrected chi connectivity index (χ3v) is 4.63. The van der Waals surface area contributed by atoms with Gasteiger partial charge in [-0.3, -0.25) is 4.79 Å². The number of ether oxygens (including phenoxy) is 1. The van der Waals surface area contributed by atoms with Gasteiger partial charge in [0.05, 0.1) is 13.2 Å². The van der Waals surface area contributed by atoms with Crippen LogP contribution < -0.4 is 15.4 Å². The fourth-order valence-corrected chi connectivity index (χ4v) is 3.13. The molecule has 0 aliphatic rings. The van der Waals surface area contributed by atoms with Gasteiger partial charge in [0.2, 0.25) is 5.91 Å². The first-order valence-electron chi connectivity index (χ1n) is 9.25. The van der Waals surface area contributed by atoms with E-state index in [1.165, 1.54) is 5.56 Å². The van der Waals surface area contributed by atoms with Gasteiger partial charge < -0.3 is 15.4 Å². The van der Waals surface area contributed by atoms with Crippen molar-refractivity contribution < 1.29 is 9.53 Å². The van der Waals surface area contributed by atoms with Crippen molar-refractivity contribution >= 4 is 33.2 Å². The number of hydrogen-bond acceptors (Lipinski definition) is 3. The van der Waals surface area contributed by atoms with Gasteiger partial charge in [-0.15, -0.1) is 0 Å². The summed E-state index contributed by atoms with van der Waals surface area (Å²) < 4.78 is 6.72. The topological polar surface area (TPSA) is 50.4 Å². The van der Waals surface area contributed by atoms with Gasteiger partial charge >= 0.3 is 0 Å². The van der Waals surface area contributed by atoms with E-state index in [-0.39, 0.29) is 12.5 Å². The van der Waals surface area contributed by atoms with Crippen LogP contribution in [0.1, 0.15) is 12.0 Å². The molecule has 5 heteroatoms. The standard InChI is InChI=1S/C23H23BrN2O2/c24-19-9-4-10-21(16-19)26-23(27)17-25-20-11-13-22(14-12-20)28-15-5-8-18-6-2-1-3-7-18/h1-4,6-7,9-14,16,25H,5,8,15,17H2,(H,26,27). The molecule has 0 aliphatic heterocycles. The van der Waals surface area contributed by atoms with Crippen molar-refractivity contribution in [1.29, 1.82) is 0 Å². The molecule has 3 aromatic rings. The number of rotatable bonds is 9. The van der Waals surface area contributed by atoms with Crippen molar-refractivity contribution in [3.05, 3.63) is 88.9 Å². The van der Waals surface area contributed by atoms with Crippen molar-refractivity contribution in [1.82, 2.24) is 0 Å². The minimum atomic E-state index is -0.0978. The fourth-order valence-electron chi connectivity index (χ4n) is 2.73. The predicted molar refractivity (Wildman–Crippen MR) is 118 cm³/mol. The van der Waals surface area contributed by atoms with Crippen LogP contribution in [-0.2, 0) is 11.2 Å². The second-order valence-corrected chi connectivity index (χ2v) is 7.29. The third-order valence-electron chi connectivity index (χ3n) is 4.14. The maximum Gasteiger partial charge on any atom is 0.243 e. The summed E-state index contributed by atoms with van der Waals surface area (Å²) in [6, 6.07) is 25.6. The Hall–Kier alpha value is -2.79. The van der Waals surface area contributed by atoms with Gasteiger partial charge in [-0.05, 0) is 60.9 Å². The third kappa shape index (κ3) is 6.74. The SMILES string of the molecule is O=C(CNc1ccc(OCCCc2ccccc2)cc1)Nc1cccc(Br)c1. The number of amides is 1. The molecule has 3 aromatic carbocycles. The summed E-state index contributed by atoms with van der Waals surface area (Å²) in [6.45, 7) is 0.875. The minimum Gasteiger partial charge on any atom is -0.494 e. The van der Waals surface area contributed by atoms with Gasteiger partial charge in [-0.1, -0.05) is 52.3 Å². The highest BCUT2D eigenvalue weighted by molar-refractivity contribution is 9.10. The number of carbonyl (C=O) groups is 1. The zero-order chi connectivity index (χ0) is 19.6. The second-order valence-electron chi connectivity index (χ2n) is 6.37. The summed E-state index contributed by atoms with van der Waals surface area (Å²) in [6.07, 6.45) is 1.98. The lowest BCUT2D eigenvalue weighted by molar-refractivity contribution is -0.114. The number of hydrogen-bond donors (Lipinski definition) is 2. The van der Waals surface area contributed by atoms with Crippen LogP contribution in [0.5, 0.6) is 5.75 Å². The Balaban J connectivity index is 1.37. The molecule has 28 heavy (non-hydrogen) atoms. The van der Waals surface area contributed by atoms with Gasteiger partial charge in [0.15, 0.2) is 0 Å². The molecular weight excluding hydrogens is 416 g/mol. The Morgan fingerprint density at radius 2 is 1.68 bits per heavy atom. The van der Waals surface area contributed by atoms with Crippen LogP contribution >= 0.6 is 15.9 Å². The lowest BCUT2D eigenvalue weighted by atomic mass is 10.1. The fraction of sp³-hybridized carbons (Fsp3) is 0.174. The van der Waals surface area contributed by atoms with Crippen molar-refractivity contribution in [2.45, 2.75) is 12.8 Å². The molecule has 144 valence electrons. The molecule has 2 N–H and O–H groups in total. The first-order chi connectivity index (χ1) is 13.7. The predicted octanol–water partition coefficient (Wildman–Crippen LogP) is 5.51. The van der Waals surface area contributed by atoms with Crippen molar-refractivity contribution in [2.75, 3.05) is 23.8 Å². The Morgan fingerprint density at radius 1 is 0.893 bits per heavy atom. The molecule has 0 spiro atoms. The highest BCUT2D eigenvalue weighted by atomic mass is 79.9. The maximum absolute atomic E-state index is 12.0. The lowest BCUT2D eigenvalue weighted by Gasteiger charge is -2.10. The van der Waals surface area contributed by atoms with E-state index in [1.807, 2.05) is 54.6 Å². The Kier molecular flexibility index (Phi) is 7.50. The summed E-state index contributed by atoms with van der Waals surface area (Å²) in [5.41, 5.74) is 2.97. The van der Waals surface area contributed by atoms with E-state index < -0.39 is 0 Å². The van der Waals surface area contributed by atoms with E-state index >= 15 is 0 Å². The van der Waals surface area contributed by atoms with E-state index in [4.69, 9.17) is 4.74 Å². The largest absolute Gasteiger partial charge is 0.494 e. The van der Waals surface area contributed by atoms with Gasteiger partial charge in [0.25, 0.3) is 0 Å². The summed E-state index contributed by atoms with van der Waals surface area (Å²) >= 11 is 3.39. The molecule has 3 rings (SSSR count). The Bertz CT molecular complexity index is 883. The van der Waals surface area contributed by atoms with E-state index in [0.717, 1.165) is 34.4 Å². The molecule has 0 heterocycles. The molecule has 0 fully saturated rings. The molecule has 0 radical (unpaired) electrons. The van der Waals surface area contributed by atoms with Crippen LogP contribution in [0.2, 0.25) is 0 Å². The van der Waals surface area contributed by atoms with Gasteiger partial charge in [0.1, 0.15) is 5.75 Å². The molecule has 1 amide bonds. The van der Waals surface area contributed by atoms with E-state index in [2.05, 4.69) is 50.8 Å². The van der Waals surface area contributed by atoms with Crippen molar-refractivity contribution in [2.24, 2.45) is 0 Å². The molecule has 0 unspecified atom stereocenters. The highest BCUT2D eigenvalue weighted by Crippen LogP contribution is 2.17. The number of benzene rings is 3. The highest BCUT2D eigenvalue weighted by Gasteiger charge is 2.03. The number of aryl methyl sites for hydroxylation is 1. The quantitative estimate of drug-likeness (QED) is 0.432. The van der Waals surface area contributed by atoms with E-state index in [9.17, 15) is 4.79 Å². The monoisotopic (exact) mass is 438 g/mol. The zero-order valence-corrected chi connectivity index (χ0v) is 17.1. The zero-order valence-electron chi connectivity index (χ0n) is 15.5. The Labute approximate surface area is 174 Å². The average Bonchev–Trinajstić information content (AvgIpc) is 2.71. The minimum absolute atomic E-state index is 0.0978. The Morgan fingerprint density at radius 3 is 2.43 bits per heavy atom. The van der Waals surface area contributed by atoms with Crippen LogP contribution in [0.15, 0.2) is 83.3 Å². The van der Waals surface area contributed by atoms with Crippen LogP contribution in [-0.4, -0.2) is 19.1 Å². The molecule has 0 aliphatic carbocycles. The van der Waals surface area contributed by atoms with Gasteiger partial charge in [-0.2, -0.15) is 0 Å². The number of anilines is 2. The molecular formula is C23H23BrN2O2. The summed E-state index contributed by atoms with van der Waals surface area (Å²) in [5.74, 6) is 0.733. The first kappa shape index (κ1) is 20.0. The number of halogens is 1. The number of nitrogens with one attached hydrogen (secondary N) is 2. The lowest BCUT2D eigenvalue weighted by Crippen LogP contribution is -2.21.